The molecule has 144 valence electrons. The molecule has 0 radical (unpaired) electrons. The van der Waals surface area contributed by atoms with Crippen LogP contribution in [0.2, 0.25) is 0 Å². The molecule has 4 rings (SSSR count). The molecule has 6 heteroatoms. The fourth-order valence-corrected chi connectivity index (χ4v) is 4.26. The lowest BCUT2D eigenvalue weighted by Gasteiger charge is -2.15. The molecule has 1 fully saturated rings. The fourth-order valence-electron chi connectivity index (χ4n) is 3.33. The van der Waals surface area contributed by atoms with Crippen molar-refractivity contribution in [2.75, 3.05) is 20.2 Å². The number of hydrogen-bond donors (Lipinski definition) is 0. The van der Waals surface area contributed by atoms with E-state index in [1.807, 2.05) is 65.8 Å². The van der Waals surface area contributed by atoms with Gasteiger partial charge in [-0.2, -0.15) is 0 Å². The van der Waals surface area contributed by atoms with E-state index >= 15 is 0 Å². The molecule has 0 aliphatic carbocycles. The highest BCUT2D eigenvalue weighted by molar-refractivity contribution is 7.98. The van der Waals surface area contributed by atoms with Crippen molar-refractivity contribution in [1.29, 1.82) is 0 Å². The van der Waals surface area contributed by atoms with E-state index < -0.39 is 0 Å². The van der Waals surface area contributed by atoms with Gasteiger partial charge in [-0.25, -0.2) is 4.98 Å². The Morgan fingerprint density at radius 1 is 1.07 bits per heavy atom. The summed E-state index contributed by atoms with van der Waals surface area (Å²) in [7, 11) is 1.66. The number of methoxy groups -OCH3 is 1. The van der Waals surface area contributed by atoms with E-state index in [9.17, 15) is 4.79 Å². The smallest absolute Gasteiger partial charge is 0.253 e. The first kappa shape index (κ1) is 18.6. The summed E-state index contributed by atoms with van der Waals surface area (Å²) in [5.74, 6) is 1.78. The molecule has 0 unspecified atom stereocenters. The molecule has 0 spiro atoms. The number of thioether (sulfide) groups is 1. The zero-order valence-corrected chi connectivity index (χ0v) is 16.7. The van der Waals surface area contributed by atoms with Crippen molar-refractivity contribution in [2.45, 2.75) is 23.8 Å². The first-order valence-corrected chi connectivity index (χ1v) is 10.4. The molecule has 0 atom stereocenters. The number of ether oxygens (including phenoxy) is 1. The standard InChI is InChI=1S/C22H23N3O2S/c1-27-20-10-8-19(9-11-20)25-15-12-23-22(25)28-16-17-4-6-18(7-5-17)21(26)24-13-2-3-14-24/h4-12,15H,2-3,13-14,16H2,1H3. The summed E-state index contributed by atoms with van der Waals surface area (Å²) < 4.78 is 7.29. The zero-order valence-electron chi connectivity index (χ0n) is 15.9. The van der Waals surface area contributed by atoms with E-state index in [-0.39, 0.29) is 5.91 Å². The first-order chi connectivity index (χ1) is 13.7. The second-order valence-corrected chi connectivity index (χ2v) is 7.71. The van der Waals surface area contributed by atoms with Gasteiger partial charge in [0.25, 0.3) is 5.91 Å². The molecule has 1 aliphatic rings. The molecule has 0 saturated carbocycles. The predicted octanol–water partition coefficient (Wildman–Crippen LogP) is 4.41. The average Bonchev–Trinajstić information content (AvgIpc) is 3.44. The van der Waals surface area contributed by atoms with E-state index in [4.69, 9.17) is 4.74 Å². The van der Waals surface area contributed by atoms with Gasteiger partial charge in [-0.15, -0.1) is 0 Å². The Morgan fingerprint density at radius 2 is 1.79 bits per heavy atom. The third-order valence-corrected chi connectivity index (χ3v) is 5.96. The van der Waals surface area contributed by atoms with Crippen molar-refractivity contribution in [1.82, 2.24) is 14.5 Å². The lowest BCUT2D eigenvalue weighted by molar-refractivity contribution is 0.0793. The van der Waals surface area contributed by atoms with Crippen molar-refractivity contribution >= 4 is 17.7 Å². The van der Waals surface area contributed by atoms with E-state index in [1.165, 1.54) is 5.56 Å². The van der Waals surface area contributed by atoms with E-state index in [2.05, 4.69) is 9.55 Å². The number of rotatable bonds is 6. The Labute approximate surface area is 169 Å². The van der Waals surface area contributed by atoms with Crippen LogP contribution in [0.15, 0.2) is 66.1 Å². The van der Waals surface area contributed by atoms with Gasteiger partial charge in [-0.3, -0.25) is 9.36 Å². The zero-order chi connectivity index (χ0) is 19.3. The van der Waals surface area contributed by atoms with Crippen LogP contribution in [0.25, 0.3) is 5.69 Å². The van der Waals surface area contributed by atoms with E-state index in [0.29, 0.717) is 0 Å². The van der Waals surface area contributed by atoms with Gasteiger partial charge in [-0.1, -0.05) is 23.9 Å². The number of benzene rings is 2. The van der Waals surface area contributed by atoms with Gasteiger partial charge in [0, 0.05) is 42.5 Å². The Bertz CT molecular complexity index is 929. The molecule has 2 aromatic carbocycles. The Balaban J connectivity index is 1.41. The number of aromatic nitrogens is 2. The van der Waals surface area contributed by atoms with Crippen LogP contribution in [-0.2, 0) is 5.75 Å². The molecule has 1 aromatic heterocycles. The number of amides is 1. The predicted molar refractivity (Wildman–Crippen MR) is 111 cm³/mol. The summed E-state index contributed by atoms with van der Waals surface area (Å²) in [6.45, 7) is 1.76. The van der Waals surface area contributed by atoms with Crippen molar-refractivity contribution in [3.63, 3.8) is 0 Å². The number of carbonyl (C=O) groups is 1. The summed E-state index contributed by atoms with van der Waals surface area (Å²) in [6, 6.07) is 15.9. The van der Waals surface area contributed by atoms with E-state index in [0.717, 1.165) is 53.8 Å². The van der Waals surface area contributed by atoms with Gasteiger partial charge in [-0.05, 0) is 54.8 Å². The lowest BCUT2D eigenvalue weighted by Crippen LogP contribution is -2.27. The molecule has 0 bridgehead atoms. The Morgan fingerprint density at radius 3 is 2.46 bits per heavy atom. The van der Waals surface area contributed by atoms with Crippen molar-refractivity contribution in [3.05, 3.63) is 72.1 Å². The van der Waals surface area contributed by atoms with Gasteiger partial charge < -0.3 is 9.64 Å². The number of carbonyl (C=O) groups excluding carboxylic acids is 1. The van der Waals surface area contributed by atoms with Gasteiger partial charge in [0.2, 0.25) is 0 Å². The number of imidazole rings is 1. The largest absolute Gasteiger partial charge is 0.497 e. The van der Waals surface area contributed by atoms with Gasteiger partial charge in [0.05, 0.1) is 7.11 Å². The highest BCUT2D eigenvalue weighted by atomic mass is 32.2. The maximum Gasteiger partial charge on any atom is 0.253 e. The summed E-state index contributed by atoms with van der Waals surface area (Å²) >= 11 is 1.68. The molecule has 0 N–H and O–H groups in total. The van der Waals surface area contributed by atoms with Crippen LogP contribution < -0.4 is 4.74 Å². The van der Waals surface area contributed by atoms with E-state index in [1.54, 1.807) is 18.9 Å². The minimum Gasteiger partial charge on any atom is -0.497 e. The van der Waals surface area contributed by atoms with Crippen LogP contribution in [0.3, 0.4) is 0 Å². The van der Waals surface area contributed by atoms with Crippen LogP contribution in [-0.4, -0.2) is 40.6 Å². The monoisotopic (exact) mass is 393 g/mol. The third-order valence-electron chi connectivity index (χ3n) is 4.92. The van der Waals surface area contributed by atoms with Crippen LogP contribution in [0, 0.1) is 0 Å². The first-order valence-electron chi connectivity index (χ1n) is 9.43. The highest BCUT2D eigenvalue weighted by Gasteiger charge is 2.19. The summed E-state index contributed by atoms with van der Waals surface area (Å²) in [6.07, 6.45) is 5.99. The molecule has 28 heavy (non-hydrogen) atoms. The third kappa shape index (κ3) is 4.07. The van der Waals surface area contributed by atoms with Crippen LogP contribution in [0.1, 0.15) is 28.8 Å². The Kier molecular flexibility index (Phi) is 5.67. The summed E-state index contributed by atoms with van der Waals surface area (Å²) in [5.41, 5.74) is 3.00. The second kappa shape index (κ2) is 8.52. The van der Waals surface area contributed by atoms with Crippen molar-refractivity contribution in [2.24, 2.45) is 0 Å². The molecular weight excluding hydrogens is 370 g/mol. The fraction of sp³-hybridized carbons (Fsp3) is 0.273. The molecule has 5 nitrogen and oxygen atoms in total. The number of hydrogen-bond acceptors (Lipinski definition) is 4. The van der Waals surface area contributed by atoms with Crippen molar-refractivity contribution in [3.8, 4) is 11.4 Å². The number of nitrogens with zero attached hydrogens (tertiary/aromatic N) is 3. The van der Waals surface area contributed by atoms with Crippen molar-refractivity contribution < 1.29 is 9.53 Å². The minimum atomic E-state index is 0.145. The maximum atomic E-state index is 12.4. The molecular formula is C22H23N3O2S. The Hall–Kier alpha value is -2.73. The average molecular weight is 394 g/mol. The molecule has 1 amide bonds. The van der Waals surface area contributed by atoms with Gasteiger partial charge in [0.1, 0.15) is 5.75 Å². The van der Waals surface area contributed by atoms with Crippen LogP contribution in [0.5, 0.6) is 5.75 Å². The molecule has 2 heterocycles. The topological polar surface area (TPSA) is 47.4 Å². The second-order valence-electron chi connectivity index (χ2n) is 6.76. The van der Waals surface area contributed by atoms with Gasteiger partial charge in [0.15, 0.2) is 5.16 Å². The quantitative estimate of drug-likeness (QED) is 0.582. The molecule has 1 saturated heterocycles. The minimum absolute atomic E-state index is 0.145. The lowest BCUT2D eigenvalue weighted by atomic mass is 10.1. The van der Waals surface area contributed by atoms with Crippen LogP contribution in [0.4, 0.5) is 0 Å². The SMILES string of the molecule is COc1ccc(-n2ccnc2SCc2ccc(C(=O)N3CCCC3)cc2)cc1. The number of likely N-dealkylation sites (tertiary alicyclic amines) is 1. The highest BCUT2D eigenvalue weighted by Crippen LogP contribution is 2.25. The van der Waals surface area contributed by atoms with Gasteiger partial charge >= 0.3 is 0 Å². The normalized spacial score (nSPS) is 13.7. The summed E-state index contributed by atoms with van der Waals surface area (Å²) in [4.78, 5) is 18.9. The molecule has 3 aromatic rings. The van der Waals surface area contributed by atoms with Crippen LogP contribution >= 0.6 is 11.8 Å². The molecule has 1 aliphatic heterocycles. The maximum absolute atomic E-state index is 12.4. The summed E-state index contributed by atoms with van der Waals surface area (Å²) in [5, 5.41) is 0.933.